The minimum Gasteiger partial charge on any atom is -0.393 e. The van der Waals surface area contributed by atoms with Gasteiger partial charge in [0.2, 0.25) is 0 Å². The van der Waals surface area contributed by atoms with Gasteiger partial charge in [-0.3, -0.25) is 0 Å². The van der Waals surface area contributed by atoms with E-state index in [1.54, 1.807) is 0 Å². The van der Waals surface area contributed by atoms with E-state index in [4.69, 9.17) is 0 Å². The van der Waals surface area contributed by atoms with Gasteiger partial charge >= 0.3 is 0 Å². The van der Waals surface area contributed by atoms with Crippen LogP contribution in [0.3, 0.4) is 0 Å². The molecule has 3 aliphatic carbocycles. The van der Waals surface area contributed by atoms with E-state index in [1.807, 2.05) is 13.8 Å². The molecule has 0 amide bonds. The number of hydrogen-bond acceptors (Lipinski definition) is 4. The average Bonchev–Trinajstić information content (AvgIpc) is 3.17. The lowest BCUT2D eigenvalue weighted by Crippen LogP contribution is -2.39. The largest absolute Gasteiger partial charge is 0.393 e. The predicted octanol–water partition coefficient (Wildman–Crippen LogP) is 5.07. The zero-order chi connectivity index (χ0) is 25.1. The molecule has 0 bridgehead atoms. The molecule has 34 heavy (non-hydrogen) atoms. The Labute approximate surface area is 206 Å². The lowest BCUT2D eigenvalue weighted by Gasteiger charge is -2.44. The lowest BCUT2D eigenvalue weighted by atomic mass is 9.60. The quantitative estimate of drug-likeness (QED) is 0.409. The zero-order valence-electron chi connectivity index (χ0n) is 21.7. The minimum absolute atomic E-state index is 0.0833. The van der Waals surface area contributed by atoms with E-state index in [1.165, 1.54) is 5.57 Å². The molecule has 4 nitrogen and oxygen atoms in total. The Kier molecular flexibility index (Phi) is 8.90. The maximum atomic E-state index is 10.9. The second-order valence-corrected chi connectivity index (χ2v) is 11.4. The number of rotatable bonds is 6. The summed E-state index contributed by atoms with van der Waals surface area (Å²) >= 11 is 0. The SMILES string of the molecule is C=C1/C(=C\C=C2/CCC[C@]3(C)[C@@H]([C@H](C)[C@H](O)C#CCC(O)(CC)CC)CC[C@@H]23)C[C@@H](O)C[C@@H]1O. The van der Waals surface area contributed by atoms with Gasteiger partial charge in [-0.05, 0) is 85.7 Å². The highest BCUT2D eigenvalue weighted by Crippen LogP contribution is 2.59. The van der Waals surface area contributed by atoms with Crippen LogP contribution in [-0.2, 0) is 0 Å². The van der Waals surface area contributed by atoms with Gasteiger partial charge in [-0.2, -0.15) is 0 Å². The minimum atomic E-state index is -0.756. The zero-order valence-corrected chi connectivity index (χ0v) is 21.7. The molecule has 3 aliphatic rings. The third-order valence-electron chi connectivity index (χ3n) is 9.42. The molecule has 0 aromatic heterocycles. The molecule has 0 aromatic carbocycles. The standard InChI is InChI=1S/C30H46O4/c1-6-30(34,7-2)17-9-11-27(32)21(4)25-14-15-26-22(10-8-16-29(25,26)5)12-13-23-18-24(31)19-28(33)20(23)3/h12-13,21,24-28,31-34H,3,6-8,10,14-19H2,1-2,4-5H3/b22-12+,23-13-/t21-,24+,25+,26-,27+,28-,29+/m0/s1. The number of aliphatic hydroxyl groups excluding tert-OH is 3. The molecule has 0 radical (unpaired) electrons. The monoisotopic (exact) mass is 470 g/mol. The van der Waals surface area contributed by atoms with Gasteiger partial charge in [0.05, 0.1) is 17.8 Å². The fourth-order valence-corrected chi connectivity index (χ4v) is 6.78. The molecule has 3 rings (SSSR count). The second kappa shape index (κ2) is 11.1. The molecule has 3 saturated carbocycles. The third kappa shape index (κ3) is 5.71. The van der Waals surface area contributed by atoms with Crippen molar-refractivity contribution in [1.29, 1.82) is 0 Å². The maximum absolute atomic E-state index is 10.9. The van der Waals surface area contributed by atoms with Crippen LogP contribution in [0.5, 0.6) is 0 Å². The van der Waals surface area contributed by atoms with Crippen molar-refractivity contribution < 1.29 is 20.4 Å². The Balaban J connectivity index is 1.73. The van der Waals surface area contributed by atoms with Crippen molar-refractivity contribution in [3.05, 3.63) is 35.5 Å². The van der Waals surface area contributed by atoms with Gasteiger partial charge in [-0.15, -0.1) is 0 Å². The molecule has 0 heterocycles. The second-order valence-electron chi connectivity index (χ2n) is 11.4. The van der Waals surface area contributed by atoms with Gasteiger partial charge in [0.25, 0.3) is 0 Å². The number of hydrogen-bond donors (Lipinski definition) is 4. The van der Waals surface area contributed by atoms with Crippen LogP contribution in [0.1, 0.15) is 91.9 Å². The van der Waals surface area contributed by atoms with Crippen LogP contribution >= 0.6 is 0 Å². The molecular weight excluding hydrogens is 424 g/mol. The first-order chi connectivity index (χ1) is 16.0. The lowest BCUT2D eigenvalue weighted by molar-refractivity contribution is 0.0364. The van der Waals surface area contributed by atoms with Gasteiger partial charge in [0.1, 0.15) is 6.10 Å². The van der Waals surface area contributed by atoms with Gasteiger partial charge in [0, 0.05) is 12.8 Å². The van der Waals surface area contributed by atoms with E-state index in [-0.39, 0.29) is 11.3 Å². The highest BCUT2D eigenvalue weighted by Gasteiger charge is 2.51. The Bertz CT molecular complexity index is 855. The van der Waals surface area contributed by atoms with E-state index in [0.717, 1.165) is 43.3 Å². The third-order valence-corrected chi connectivity index (χ3v) is 9.42. The Morgan fingerprint density at radius 1 is 1.21 bits per heavy atom. The van der Waals surface area contributed by atoms with Crippen LogP contribution in [0.2, 0.25) is 0 Å². The molecule has 0 unspecified atom stereocenters. The van der Waals surface area contributed by atoms with Crippen molar-refractivity contribution in [2.75, 3.05) is 0 Å². The van der Waals surface area contributed by atoms with Gasteiger partial charge in [0.15, 0.2) is 0 Å². The van der Waals surface area contributed by atoms with Crippen LogP contribution in [0.15, 0.2) is 35.5 Å². The van der Waals surface area contributed by atoms with E-state index >= 15 is 0 Å². The van der Waals surface area contributed by atoms with Crippen molar-refractivity contribution in [1.82, 2.24) is 0 Å². The molecule has 0 spiro atoms. The van der Waals surface area contributed by atoms with Crippen molar-refractivity contribution in [2.24, 2.45) is 23.2 Å². The van der Waals surface area contributed by atoms with Gasteiger partial charge < -0.3 is 20.4 Å². The first-order valence-corrected chi connectivity index (χ1v) is 13.4. The summed E-state index contributed by atoms with van der Waals surface area (Å²) in [7, 11) is 0. The van der Waals surface area contributed by atoms with Crippen LogP contribution in [0.4, 0.5) is 0 Å². The van der Waals surface area contributed by atoms with E-state index < -0.39 is 23.9 Å². The van der Waals surface area contributed by atoms with Crippen LogP contribution in [-0.4, -0.2) is 44.3 Å². The smallest absolute Gasteiger partial charge is 0.117 e. The number of allylic oxidation sites excluding steroid dienone is 3. The first-order valence-electron chi connectivity index (χ1n) is 13.4. The highest BCUT2D eigenvalue weighted by molar-refractivity contribution is 5.38. The molecule has 0 aliphatic heterocycles. The van der Waals surface area contributed by atoms with E-state index in [9.17, 15) is 20.4 Å². The summed E-state index contributed by atoms with van der Waals surface area (Å²) in [4.78, 5) is 0. The summed E-state index contributed by atoms with van der Waals surface area (Å²) in [5.74, 6) is 7.11. The fraction of sp³-hybridized carbons (Fsp3) is 0.733. The highest BCUT2D eigenvalue weighted by atomic mass is 16.3. The Morgan fingerprint density at radius 3 is 2.59 bits per heavy atom. The maximum Gasteiger partial charge on any atom is 0.117 e. The average molecular weight is 471 g/mol. The van der Waals surface area contributed by atoms with E-state index in [0.29, 0.717) is 43.9 Å². The van der Waals surface area contributed by atoms with Crippen LogP contribution in [0.25, 0.3) is 0 Å². The topological polar surface area (TPSA) is 80.9 Å². The van der Waals surface area contributed by atoms with Crippen molar-refractivity contribution in [3.8, 4) is 11.8 Å². The molecule has 3 fully saturated rings. The predicted molar refractivity (Wildman–Crippen MR) is 138 cm³/mol. The number of fused-ring (bicyclic) bond motifs is 1. The molecular formula is C30H46O4. The summed E-state index contributed by atoms with van der Waals surface area (Å²) in [6.45, 7) is 12.5. The van der Waals surface area contributed by atoms with Crippen LogP contribution in [0, 0.1) is 35.0 Å². The van der Waals surface area contributed by atoms with Gasteiger partial charge in [-0.1, -0.05) is 63.8 Å². The Morgan fingerprint density at radius 2 is 1.91 bits per heavy atom. The Hall–Kier alpha value is -1.38. The molecule has 190 valence electrons. The molecule has 7 atom stereocenters. The molecule has 0 saturated heterocycles. The molecule has 4 heteroatoms. The summed E-state index contributed by atoms with van der Waals surface area (Å²) in [5, 5.41) is 41.6. The summed E-state index contributed by atoms with van der Waals surface area (Å²) in [6, 6.07) is 0. The first kappa shape index (κ1) is 27.2. The van der Waals surface area contributed by atoms with Crippen LogP contribution < -0.4 is 0 Å². The summed E-state index contributed by atoms with van der Waals surface area (Å²) in [6.07, 6.45) is 10.7. The fourth-order valence-electron chi connectivity index (χ4n) is 6.78. The van der Waals surface area contributed by atoms with Crippen molar-refractivity contribution in [3.63, 3.8) is 0 Å². The van der Waals surface area contributed by atoms with Crippen molar-refractivity contribution >= 4 is 0 Å². The summed E-state index contributed by atoms with van der Waals surface area (Å²) in [5.41, 5.74) is 2.53. The molecule has 4 N–H and O–H groups in total. The summed E-state index contributed by atoms with van der Waals surface area (Å²) < 4.78 is 0. The number of aliphatic hydroxyl groups is 4. The van der Waals surface area contributed by atoms with E-state index in [2.05, 4.69) is 44.4 Å². The van der Waals surface area contributed by atoms with Crippen molar-refractivity contribution in [2.45, 2.75) is 116 Å². The normalized spacial score (nSPS) is 36.2. The van der Waals surface area contributed by atoms with Gasteiger partial charge in [-0.25, -0.2) is 0 Å². The molecule has 0 aromatic rings.